The molecule has 5 nitrogen and oxygen atoms in total. The Morgan fingerprint density at radius 2 is 1.44 bits per heavy atom. The monoisotopic (exact) mass is 452 g/mol. The molecule has 4 aromatic rings. The van der Waals surface area contributed by atoms with Crippen molar-refractivity contribution in [2.24, 2.45) is 0 Å². The smallest absolute Gasteiger partial charge is 0.203 e. The zero-order chi connectivity index (χ0) is 23.7. The van der Waals surface area contributed by atoms with Crippen LogP contribution in [0.2, 0.25) is 0 Å². The highest BCUT2D eigenvalue weighted by molar-refractivity contribution is 5.79. The predicted octanol–water partition coefficient (Wildman–Crippen LogP) is 6.30. The lowest BCUT2D eigenvalue weighted by Crippen LogP contribution is -1.99. The molecule has 2 aromatic heterocycles. The fourth-order valence-electron chi connectivity index (χ4n) is 4.79. The van der Waals surface area contributed by atoms with E-state index < -0.39 is 0 Å². The molecular weight excluding hydrogens is 424 g/mol. The van der Waals surface area contributed by atoms with Crippen LogP contribution in [0.4, 0.5) is 0 Å². The van der Waals surface area contributed by atoms with Crippen LogP contribution in [0.25, 0.3) is 33.6 Å². The maximum absolute atomic E-state index is 5.58. The van der Waals surface area contributed by atoms with Crippen LogP contribution in [-0.4, -0.2) is 31.3 Å². The van der Waals surface area contributed by atoms with Crippen LogP contribution in [0.5, 0.6) is 17.2 Å². The molecule has 0 unspecified atom stereocenters. The van der Waals surface area contributed by atoms with Crippen molar-refractivity contribution in [2.75, 3.05) is 21.3 Å². The van der Waals surface area contributed by atoms with Crippen LogP contribution >= 0.6 is 0 Å². The summed E-state index contributed by atoms with van der Waals surface area (Å²) in [5.41, 5.74) is 10.2. The number of hydrogen-bond acceptors (Lipinski definition) is 5. The largest absolute Gasteiger partial charge is 0.493 e. The summed E-state index contributed by atoms with van der Waals surface area (Å²) in [5, 5.41) is 0. The molecule has 0 atom stereocenters. The van der Waals surface area contributed by atoms with E-state index >= 15 is 0 Å². The van der Waals surface area contributed by atoms with Crippen LogP contribution in [0.1, 0.15) is 23.1 Å². The minimum atomic E-state index is 0.594. The average molecular weight is 453 g/mol. The Hall–Kier alpha value is -3.86. The molecule has 2 aromatic carbocycles. The van der Waals surface area contributed by atoms with Gasteiger partial charge in [-0.2, -0.15) is 0 Å². The molecule has 34 heavy (non-hydrogen) atoms. The van der Waals surface area contributed by atoms with Gasteiger partial charge in [-0.3, -0.25) is 9.97 Å². The van der Waals surface area contributed by atoms with Crippen molar-refractivity contribution in [2.45, 2.75) is 26.2 Å². The van der Waals surface area contributed by atoms with Gasteiger partial charge in [0.15, 0.2) is 11.5 Å². The Morgan fingerprint density at radius 1 is 0.706 bits per heavy atom. The third kappa shape index (κ3) is 3.87. The summed E-state index contributed by atoms with van der Waals surface area (Å²) in [6.45, 7) is 2.05. The molecule has 0 radical (unpaired) electrons. The number of hydrogen-bond donors (Lipinski definition) is 0. The van der Waals surface area contributed by atoms with Crippen LogP contribution in [-0.2, 0) is 12.8 Å². The molecule has 5 heteroatoms. The van der Waals surface area contributed by atoms with Gasteiger partial charge in [0.2, 0.25) is 5.75 Å². The van der Waals surface area contributed by atoms with Crippen LogP contribution in [0.3, 0.4) is 0 Å². The van der Waals surface area contributed by atoms with Gasteiger partial charge in [-0.25, -0.2) is 0 Å². The second kappa shape index (κ2) is 9.18. The minimum Gasteiger partial charge on any atom is -0.493 e. The second-order valence-corrected chi connectivity index (χ2v) is 8.55. The Bertz CT molecular complexity index is 1320. The quantitative estimate of drug-likeness (QED) is 0.344. The SMILES string of the molecule is COc1cc(-c2cnc(-c3cccc(-c4ccc(C)cn4)c3)c3c2CCC3)cc(OC)c1OC. The van der Waals surface area contributed by atoms with E-state index in [1.165, 1.54) is 11.1 Å². The minimum absolute atomic E-state index is 0.594. The standard InChI is InChI=1S/C29H28N2O3/c1-18-11-12-25(30-16-18)19-7-5-8-20(13-19)28-23-10-6-9-22(23)24(17-31-28)21-14-26(32-2)29(34-4)27(15-21)33-3/h5,7-8,11-17H,6,9-10H2,1-4H3. The van der Waals surface area contributed by atoms with E-state index in [0.29, 0.717) is 17.2 Å². The van der Waals surface area contributed by atoms with Gasteiger partial charge in [0.25, 0.3) is 0 Å². The van der Waals surface area contributed by atoms with Crippen molar-refractivity contribution in [1.82, 2.24) is 9.97 Å². The van der Waals surface area contributed by atoms with E-state index in [0.717, 1.165) is 58.5 Å². The molecule has 0 aliphatic heterocycles. The van der Waals surface area contributed by atoms with Crippen molar-refractivity contribution in [1.29, 1.82) is 0 Å². The number of nitrogens with zero attached hydrogens (tertiary/aromatic N) is 2. The summed E-state index contributed by atoms with van der Waals surface area (Å²) in [4.78, 5) is 9.57. The molecule has 0 fully saturated rings. The number of fused-ring (bicyclic) bond motifs is 1. The number of aromatic nitrogens is 2. The van der Waals surface area contributed by atoms with Crippen molar-refractivity contribution >= 4 is 0 Å². The van der Waals surface area contributed by atoms with Gasteiger partial charge in [0.1, 0.15) is 0 Å². The Labute approximate surface area is 200 Å². The Kier molecular flexibility index (Phi) is 5.93. The Morgan fingerprint density at radius 3 is 2.12 bits per heavy atom. The first-order chi connectivity index (χ1) is 16.6. The molecule has 0 saturated carbocycles. The van der Waals surface area contributed by atoms with E-state index in [-0.39, 0.29) is 0 Å². The lowest BCUT2D eigenvalue weighted by molar-refractivity contribution is 0.324. The number of ether oxygens (including phenoxy) is 3. The summed E-state index contributed by atoms with van der Waals surface area (Å²) < 4.78 is 16.7. The summed E-state index contributed by atoms with van der Waals surface area (Å²) in [5.74, 6) is 1.88. The molecule has 1 aliphatic carbocycles. The van der Waals surface area contributed by atoms with E-state index in [9.17, 15) is 0 Å². The average Bonchev–Trinajstić information content (AvgIpc) is 3.38. The maximum atomic E-state index is 5.58. The third-order valence-corrected chi connectivity index (χ3v) is 6.47. The van der Waals surface area contributed by atoms with E-state index in [1.807, 2.05) is 24.5 Å². The molecule has 5 rings (SSSR count). The van der Waals surface area contributed by atoms with Crippen molar-refractivity contribution < 1.29 is 14.2 Å². The summed E-state index contributed by atoms with van der Waals surface area (Å²) in [7, 11) is 4.90. The highest BCUT2D eigenvalue weighted by atomic mass is 16.5. The van der Waals surface area contributed by atoms with Gasteiger partial charge in [0.05, 0.1) is 32.7 Å². The molecular formula is C29H28N2O3. The molecule has 2 heterocycles. The first-order valence-electron chi connectivity index (χ1n) is 11.5. The van der Waals surface area contributed by atoms with E-state index in [1.54, 1.807) is 21.3 Å². The third-order valence-electron chi connectivity index (χ3n) is 6.47. The second-order valence-electron chi connectivity index (χ2n) is 8.55. The highest BCUT2D eigenvalue weighted by Crippen LogP contribution is 2.44. The van der Waals surface area contributed by atoms with E-state index in [4.69, 9.17) is 19.2 Å². The fraction of sp³-hybridized carbons (Fsp3) is 0.241. The predicted molar refractivity (Wildman–Crippen MR) is 135 cm³/mol. The number of benzene rings is 2. The van der Waals surface area contributed by atoms with Gasteiger partial charge in [-0.1, -0.05) is 24.3 Å². The number of methoxy groups -OCH3 is 3. The van der Waals surface area contributed by atoms with Gasteiger partial charge >= 0.3 is 0 Å². The summed E-state index contributed by atoms with van der Waals surface area (Å²) in [6.07, 6.45) is 7.05. The molecule has 172 valence electrons. The van der Waals surface area contributed by atoms with Gasteiger partial charge < -0.3 is 14.2 Å². The lowest BCUT2D eigenvalue weighted by atomic mass is 9.94. The number of aryl methyl sites for hydroxylation is 1. The molecule has 1 aliphatic rings. The zero-order valence-corrected chi connectivity index (χ0v) is 20.0. The lowest BCUT2D eigenvalue weighted by Gasteiger charge is -2.17. The van der Waals surface area contributed by atoms with Crippen molar-refractivity contribution in [3.63, 3.8) is 0 Å². The maximum Gasteiger partial charge on any atom is 0.203 e. The van der Waals surface area contributed by atoms with Crippen LogP contribution in [0, 0.1) is 6.92 Å². The van der Waals surface area contributed by atoms with Crippen molar-refractivity contribution in [3.05, 3.63) is 77.6 Å². The molecule has 0 N–H and O–H groups in total. The molecule has 0 bridgehead atoms. The fourth-order valence-corrected chi connectivity index (χ4v) is 4.79. The normalized spacial score (nSPS) is 12.4. The van der Waals surface area contributed by atoms with Crippen LogP contribution in [0.15, 0.2) is 60.9 Å². The first kappa shape index (κ1) is 22.0. The summed E-state index contributed by atoms with van der Waals surface area (Å²) in [6, 6.07) is 16.7. The molecule has 0 spiro atoms. The van der Waals surface area contributed by atoms with Crippen molar-refractivity contribution in [3.8, 4) is 50.9 Å². The molecule has 0 saturated heterocycles. The van der Waals surface area contributed by atoms with Gasteiger partial charge in [-0.05, 0) is 72.7 Å². The first-order valence-corrected chi connectivity index (χ1v) is 11.5. The number of rotatable bonds is 6. The number of pyridine rings is 2. The molecule has 0 amide bonds. The zero-order valence-electron chi connectivity index (χ0n) is 20.0. The van der Waals surface area contributed by atoms with E-state index in [2.05, 4.69) is 48.3 Å². The topological polar surface area (TPSA) is 53.5 Å². The summed E-state index contributed by atoms with van der Waals surface area (Å²) >= 11 is 0. The highest BCUT2D eigenvalue weighted by Gasteiger charge is 2.23. The van der Waals surface area contributed by atoms with Gasteiger partial charge in [0, 0.05) is 29.1 Å². The van der Waals surface area contributed by atoms with Gasteiger partial charge in [-0.15, -0.1) is 0 Å². The Balaban J connectivity index is 1.60. The van der Waals surface area contributed by atoms with Crippen LogP contribution < -0.4 is 14.2 Å².